The maximum absolute atomic E-state index is 13.7. The molecule has 2 aliphatic heterocycles. The normalized spacial score (nSPS) is 35.8. The maximum atomic E-state index is 13.7. The first-order valence-corrected chi connectivity index (χ1v) is 12.7. The highest BCUT2D eigenvalue weighted by atomic mass is 79.9. The fourth-order valence-corrected chi connectivity index (χ4v) is 7.55. The molecule has 0 unspecified atom stereocenters. The van der Waals surface area contributed by atoms with Gasteiger partial charge in [-0.2, -0.15) is 0 Å². The largest absolute Gasteiger partial charge is 0.507 e. The van der Waals surface area contributed by atoms with E-state index in [0.717, 1.165) is 4.90 Å². The zero-order valence-electron chi connectivity index (χ0n) is 18.6. The standard InChI is InChI=1S/C23H21BrCl2N2O7/c1-34-9-5-13(29)16(14(6-9)35-2)17-10-3-4-11-15(19(31)27-18(11)30)12(10)7-22(25)20(32)28(8-24)21(33)23(17,22)26/h3,5-6,11-12,15,17,29H,4,7-8H2,1-2H3,(H,27,30,31)/t11-,12+,15-,17+,22+,23-/m0/s1. The van der Waals surface area contributed by atoms with E-state index < -0.39 is 51.1 Å². The summed E-state index contributed by atoms with van der Waals surface area (Å²) in [5.41, 5.74) is 0.560. The van der Waals surface area contributed by atoms with Crippen molar-refractivity contribution in [2.24, 2.45) is 17.8 Å². The van der Waals surface area contributed by atoms with Gasteiger partial charge >= 0.3 is 0 Å². The number of aromatic hydroxyl groups is 1. The number of nitrogens with one attached hydrogen (secondary N) is 1. The summed E-state index contributed by atoms with van der Waals surface area (Å²) in [5.74, 6) is -5.32. The number of likely N-dealkylation sites (tertiary alicyclic amines) is 1. The predicted molar refractivity (Wildman–Crippen MR) is 128 cm³/mol. The topological polar surface area (TPSA) is 122 Å². The predicted octanol–water partition coefficient (Wildman–Crippen LogP) is 2.41. The lowest BCUT2D eigenvalue weighted by atomic mass is 9.56. The van der Waals surface area contributed by atoms with Gasteiger partial charge in [0.2, 0.25) is 11.8 Å². The molecule has 1 saturated carbocycles. The van der Waals surface area contributed by atoms with Crippen molar-refractivity contribution in [1.29, 1.82) is 0 Å². The number of amides is 4. The summed E-state index contributed by atoms with van der Waals surface area (Å²) in [6.45, 7) is 0. The first kappa shape index (κ1) is 24.4. The van der Waals surface area contributed by atoms with E-state index in [9.17, 15) is 24.3 Å². The van der Waals surface area contributed by atoms with Crippen LogP contribution in [0, 0.1) is 17.8 Å². The van der Waals surface area contributed by atoms with Crippen LogP contribution >= 0.6 is 39.1 Å². The number of alkyl halides is 3. The molecule has 4 amide bonds. The van der Waals surface area contributed by atoms with E-state index in [4.69, 9.17) is 32.7 Å². The number of hydrogen-bond acceptors (Lipinski definition) is 7. The lowest BCUT2D eigenvalue weighted by Crippen LogP contribution is -2.60. The van der Waals surface area contributed by atoms with E-state index in [1.165, 1.54) is 26.4 Å². The molecular formula is C23H21BrCl2N2O7. The Morgan fingerprint density at radius 3 is 2.46 bits per heavy atom. The maximum Gasteiger partial charge on any atom is 0.254 e. The van der Waals surface area contributed by atoms with Crippen LogP contribution in [0.4, 0.5) is 0 Å². The number of ether oxygens (including phenoxy) is 2. The molecule has 9 nitrogen and oxygen atoms in total. The molecule has 0 aromatic heterocycles. The molecule has 6 atom stereocenters. The van der Waals surface area contributed by atoms with Gasteiger partial charge in [-0.1, -0.05) is 27.6 Å². The third-order valence-electron chi connectivity index (χ3n) is 7.70. The lowest BCUT2D eigenvalue weighted by Gasteiger charge is -2.50. The molecule has 2 aliphatic carbocycles. The number of phenols is 1. The van der Waals surface area contributed by atoms with Crippen LogP contribution in [-0.2, 0) is 19.2 Å². The Balaban J connectivity index is 1.81. The minimum absolute atomic E-state index is 0.129. The molecule has 2 saturated heterocycles. The van der Waals surface area contributed by atoms with Crippen molar-refractivity contribution >= 4 is 62.8 Å². The van der Waals surface area contributed by atoms with Crippen molar-refractivity contribution in [3.05, 3.63) is 29.3 Å². The highest BCUT2D eigenvalue weighted by Crippen LogP contribution is 2.66. The van der Waals surface area contributed by atoms with Gasteiger partial charge in [-0.3, -0.25) is 29.4 Å². The van der Waals surface area contributed by atoms with Crippen molar-refractivity contribution in [3.8, 4) is 17.2 Å². The van der Waals surface area contributed by atoms with Crippen LogP contribution in [0.2, 0.25) is 0 Å². The second-order valence-corrected chi connectivity index (χ2v) is 10.8. The molecule has 1 aromatic rings. The monoisotopic (exact) mass is 586 g/mol. The second kappa shape index (κ2) is 8.11. The number of carbonyl (C=O) groups excluding carboxylic acids is 4. The summed E-state index contributed by atoms with van der Waals surface area (Å²) >= 11 is 17.4. The lowest BCUT2D eigenvalue weighted by molar-refractivity contribution is -0.138. The number of fused-ring (bicyclic) bond motifs is 4. The summed E-state index contributed by atoms with van der Waals surface area (Å²) in [7, 11) is 2.80. The Bertz CT molecular complexity index is 1220. The van der Waals surface area contributed by atoms with Crippen LogP contribution in [0.1, 0.15) is 24.3 Å². The van der Waals surface area contributed by atoms with E-state index in [0.29, 0.717) is 11.3 Å². The zero-order chi connectivity index (χ0) is 25.4. The number of nitrogens with zero attached hydrogens (tertiary/aromatic N) is 1. The quantitative estimate of drug-likeness (QED) is 0.240. The Morgan fingerprint density at radius 1 is 1.11 bits per heavy atom. The van der Waals surface area contributed by atoms with Gasteiger partial charge in [0, 0.05) is 23.6 Å². The molecule has 2 heterocycles. The van der Waals surface area contributed by atoms with Crippen LogP contribution in [0.5, 0.6) is 17.2 Å². The Labute approximate surface area is 218 Å². The minimum atomic E-state index is -2.03. The van der Waals surface area contributed by atoms with Gasteiger partial charge in [0.05, 0.1) is 31.5 Å². The number of methoxy groups -OCH3 is 2. The summed E-state index contributed by atoms with van der Waals surface area (Å²) in [4.78, 5) is 49.4. The molecule has 0 bridgehead atoms. The van der Waals surface area contributed by atoms with Gasteiger partial charge < -0.3 is 14.6 Å². The van der Waals surface area contributed by atoms with Crippen molar-refractivity contribution in [2.75, 3.05) is 19.7 Å². The van der Waals surface area contributed by atoms with Crippen LogP contribution in [0.15, 0.2) is 23.8 Å². The number of allylic oxidation sites excluding steroid dienone is 2. The van der Waals surface area contributed by atoms with Crippen LogP contribution < -0.4 is 14.8 Å². The number of rotatable bonds is 4. The average Bonchev–Trinajstić information content (AvgIpc) is 3.20. The molecule has 35 heavy (non-hydrogen) atoms. The molecule has 4 aliphatic rings. The summed E-state index contributed by atoms with van der Waals surface area (Å²) < 4.78 is 10.8. The molecule has 2 N–H and O–H groups in total. The number of carbonyl (C=O) groups is 4. The highest BCUT2D eigenvalue weighted by molar-refractivity contribution is 9.09. The van der Waals surface area contributed by atoms with Crippen LogP contribution in [-0.4, -0.2) is 63.1 Å². The van der Waals surface area contributed by atoms with Crippen LogP contribution in [0.25, 0.3) is 0 Å². The van der Waals surface area contributed by atoms with E-state index in [1.54, 1.807) is 6.08 Å². The van der Waals surface area contributed by atoms with Crippen molar-refractivity contribution in [3.63, 3.8) is 0 Å². The molecule has 12 heteroatoms. The van der Waals surface area contributed by atoms with Crippen molar-refractivity contribution in [1.82, 2.24) is 10.2 Å². The SMILES string of the molecule is COc1cc(O)c([C@H]2C3=CC[C@@H]4C(=O)NC(=O)[C@@H]4[C@@H]3C[C@@]3(Cl)C(=O)N(CBr)C(=O)[C@@]23Cl)c(OC)c1. The van der Waals surface area contributed by atoms with Gasteiger partial charge in [0.1, 0.15) is 17.2 Å². The Kier molecular flexibility index (Phi) is 5.65. The summed E-state index contributed by atoms with van der Waals surface area (Å²) in [6.07, 6.45) is 1.87. The van der Waals surface area contributed by atoms with Gasteiger partial charge in [-0.25, -0.2) is 0 Å². The molecule has 1 aromatic carbocycles. The fraction of sp³-hybridized carbons (Fsp3) is 0.478. The average molecular weight is 588 g/mol. The first-order valence-electron chi connectivity index (χ1n) is 10.8. The molecule has 0 spiro atoms. The van der Waals surface area contributed by atoms with Gasteiger partial charge in [0.15, 0.2) is 9.75 Å². The molecule has 186 valence electrons. The van der Waals surface area contributed by atoms with Gasteiger partial charge in [-0.05, 0) is 18.8 Å². The number of imide groups is 2. The molecule has 3 fully saturated rings. The van der Waals surface area contributed by atoms with E-state index >= 15 is 0 Å². The summed E-state index contributed by atoms with van der Waals surface area (Å²) in [5, 5.41) is 13.5. The molecule has 0 radical (unpaired) electrons. The zero-order valence-corrected chi connectivity index (χ0v) is 21.7. The minimum Gasteiger partial charge on any atom is -0.507 e. The van der Waals surface area contributed by atoms with Crippen molar-refractivity contribution in [2.45, 2.75) is 28.5 Å². The second-order valence-electron chi connectivity index (χ2n) is 9.10. The fourth-order valence-electron chi connectivity index (χ4n) is 6.15. The van der Waals surface area contributed by atoms with E-state index in [-0.39, 0.29) is 41.3 Å². The van der Waals surface area contributed by atoms with Gasteiger partial charge in [0.25, 0.3) is 11.8 Å². The van der Waals surface area contributed by atoms with E-state index in [2.05, 4.69) is 21.2 Å². The van der Waals surface area contributed by atoms with Crippen LogP contribution in [0.3, 0.4) is 0 Å². The third kappa shape index (κ3) is 2.99. The number of phenolic OH excluding ortho intramolecular Hbond substituents is 1. The van der Waals surface area contributed by atoms with Gasteiger partial charge in [-0.15, -0.1) is 23.2 Å². The first-order chi connectivity index (χ1) is 16.5. The van der Waals surface area contributed by atoms with Crippen molar-refractivity contribution < 1.29 is 33.8 Å². The molecular weight excluding hydrogens is 567 g/mol. The number of benzene rings is 1. The third-order valence-corrected chi connectivity index (χ3v) is 9.61. The summed E-state index contributed by atoms with van der Waals surface area (Å²) in [6, 6.07) is 2.87. The van der Waals surface area contributed by atoms with E-state index in [1.807, 2.05) is 0 Å². The highest BCUT2D eigenvalue weighted by Gasteiger charge is 2.76. The Hall–Kier alpha value is -2.30. The molecule has 5 rings (SSSR count). The number of halogens is 3. The number of hydrogen-bond donors (Lipinski definition) is 2. The Morgan fingerprint density at radius 2 is 1.83 bits per heavy atom. The smallest absolute Gasteiger partial charge is 0.254 e.